The van der Waals surface area contributed by atoms with Crippen LogP contribution in [-0.2, 0) is 17.8 Å². The fourth-order valence-corrected chi connectivity index (χ4v) is 3.95. The molecular weight excluding hydrogens is 457 g/mol. The topological polar surface area (TPSA) is 126 Å². The summed E-state index contributed by atoms with van der Waals surface area (Å²) in [4.78, 5) is 44.4. The SMILES string of the molecule is CNc1cc(F)ccc1CNC(=O)c1nc2n(c(=O)c1O)CCCCC2N(C)C(=O)OC(C)(C)C. The van der Waals surface area contributed by atoms with Gasteiger partial charge in [-0.25, -0.2) is 14.2 Å². The summed E-state index contributed by atoms with van der Waals surface area (Å²) in [5.41, 5.74) is -0.795. The van der Waals surface area contributed by atoms with Gasteiger partial charge in [0.1, 0.15) is 17.2 Å². The number of aromatic hydroxyl groups is 1. The minimum absolute atomic E-state index is 0.00998. The highest BCUT2D eigenvalue weighted by Gasteiger charge is 2.33. The summed E-state index contributed by atoms with van der Waals surface area (Å²) in [6.45, 7) is 5.57. The molecule has 1 atom stereocenters. The molecule has 1 aromatic carbocycles. The second-order valence-corrected chi connectivity index (χ2v) is 9.46. The molecule has 0 saturated carbocycles. The smallest absolute Gasteiger partial charge is 0.410 e. The molecule has 10 nitrogen and oxygen atoms in total. The first-order valence-electron chi connectivity index (χ1n) is 11.5. The highest BCUT2D eigenvalue weighted by Crippen LogP contribution is 2.29. The van der Waals surface area contributed by atoms with E-state index in [4.69, 9.17) is 4.74 Å². The first kappa shape index (κ1) is 26.0. The van der Waals surface area contributed by atoms with Crippen LogP contribution in [0.2, 0.25) is 0 Å². The lowest BCUT2D eigenvalue weighted by Crippen LogP contribution is -2.39. The summed E-state index contributed by atoms with van der Waals surface area (Å²) in [5.74, 6) is -1.75. The molecule has 0 bridgehead atoms. The third-order valence-electron chi connectivity index (χ3n) is 5.73. The Kier molecular flexibility index (Phi) is 7.67. The Balaban J connectivity index is 1.93. The minimum Gasteiger partial charge on any atom is -0.501 e. The molecule has 0 saturated heterocycles. The molecule has 1 aliphatic rings. The van der Waals surface area contributed by atoms with Crippen LogP contribution in [0.4, 0.5) is 14.9 Å². The van der Waals surface area contributed by atoms with Crippen LogP contribution in [0, 0.1) is 5.82 Å². The van der Waals surface area contributed by atoms with Gasteiger partial charge in [-0.15, -0.1) is 0 Å². The maximum Gasteiger partial charge on any atom is 0.410 e. The van der Waals surface area contributed by atoms with Crippen LogP contribution >= 0.6 is 0 Å². The lowest BCUT2D eigenvalue weighted by molar-refractivity contribution is 0.0202. The van der Waals surface area contributed by atoms with E-state index in [-0.39, 0.29) is 12.4 Å². The van der Waals surface area contributed by atoms with Crippen molar-refractivity contribution in [1.82, 2.24) is 19.8 Å². The van der Waals surface area contributed by atoms with Crippen molar-refractivity contribution in [1.29, 1.82) is 0 Å². The van der Waals surface area contributed by atoms with Gasteiger partial charge < -0.3 is 25.4 Å². The predicted octanol–water partition coefficient (Wildman–Crippen LogP) is 3.15. The summed E-state index contributed by atoms with van der Waals surface area (Å²) in [7, 11) is 3.18. The number of carbonyl (C=O) groups excluding carboxylic acids is 2. The van der Waals surface area contributed by atoms with E-state index < -0.39 is 46.5 Å². The Bertz CT molecular complexity index is 1170. The number of carbonyl (C=O) groups is 2. The molecule has 1 aliphatic heterocycles. The number of amides is 2. The second-order valence-electron chi connectivity index (χ2n) is 9.46. The van der Waals surface area contributed by atoms with Gasteiger partial charge in [-0.1, -0.05) is 6.07 Å². The van der Waals surface area contributed by atoms with Crippen molar-refractivity contribution in [2.24, 2.45) is 0 Å². The molecule has 0 radical (unpaired) electrons. The van der Waals surface area contributed by atoms with E-state index in [9.17, 15) is 23.9 Å². The summed E-state index contributed by atoms with van der Waals surface area (Å²) in [6.07, 6.45) is 1.28. The van der Waals surface area contributed by atoms with Gasteiger partial charge >= 0.3 is 6.09 Å². The average molecular weight is 490 g/mol. The van der Waals surface area contributed by atoms with E-state index in [1.165, 1.54) is 27.7 Å². The van der Waals surface area contributed by atoms with Crippen molar-refractivity contribution in [2.75, 3.05) is 19.4 Å². The molecule has 1 unspecified atom stereocenters. The largest absolute Gasteiger partial charge is 0.501 e. The van der Waals surface area contributed by atoms with Crippen molar-refractivity contribution in [3.8, 4) is 5.75 Å². The molecule has 2 heterocycles. The molecule has 35 heavy (non-hydrogen) atoms. The third kappa shape index (κ3) is 5.90. The molecule has 2 amide bonds. The highest BCUT2D eigenvalue weighted by molar-refractivity contribution is 5.94. The number of nitrogens with one attached hydrogen (secondary N) is 2. The van der Waals surface area contributed by atoms with Crippen molar-refractivity contribution < 1.29 is 23.8 Å². The number of hydrogen-bond donors (Lipinski definition) is 3. The molecule has 0 spiro atoms. The molecule has 3 rings (SSSR count). The van der Waals surface area contributed by atoms with Gasteiger partial charge in [-0.3, -0.25) is 14.2 Å². The lowest BCUT2D eigenvalue weighted by Gasteiger charge is -2.30. The van der Waals surface area contributed by atoms with E-state index >= 15 is 0 Å². The van der Waals surface area contributed by atoms with Gasteiger partial charge in [-0.2, -0.15) is 0 Å². The average Bonchev–Trinajstić information content (AvgIpc) is 3.01. The first-order valence-corrected chi connectivity index (χ1v) is 11.5. The van der Waals surface area contributed by atoms with Gasteiger partial charge in [0.2, 0.25) is 5.75 Å². The number of rotatable bonds is 5. The number of ether oxygens (including phenoxy) is 1. The second kappa shape index (κ2) is 10.3. The summed E-state index contributed by atoms with van der Waals surface area (Å²) < 4.78 is 20.3. The normalized spacial score (nSPS) is 15.5. The fraction of sp³-hybridized carbons (Fsp3) is 0.500. The van der Waals surface area contributed by atoms with E-state index in [0.29, 0.717) is 37.1 Å². The standard InChI is InChI=1S/C24H32FN5O5/c1-24(2,3)35-23(34)29(5)17-8-6-7-11-30-20(17)28-18(19(31)22(30)33)21(32)27-13-14-9-10-15(25)12-16(14)26-4/h9-10,12,17,26,31H,6-8,11,13H2,1-5H3,(H,27,32). The molecule has 3 N–H and O–H groups in total. The zero-order chi connectivity index (χ0) is 25.9. The van der Waals surface area contributed by atoms with E-state index in [1.807, 2.05) is 0 Å². The Morgan fingerprint density at radius 3 is 2.69 bits per heavy atom. The maximum absolute atomic E-state index is 13.5. The molecule has 11 heteroatoms. The van der Waals surface area contributed by atoms with Crippen LogP contribution in [0.25, 0.3) is 0 Å². The van der Waals surface area contributed by atoms with E-state index in [1.54, 1.807) is 34.9 Å². The van der Waals surface area contributed by atoms with E-state index in [2.05, 4.69) is 15.6 Å². The van der Waals surface area contributed by atoms with Crippen LogP contribution in [0.3, 0.4) is 0 Å². The third-order valence-corrected chi connectivity index (χ3v) is 5.73. The number of fused-ring (bicyclic) bond motifs is 1. The Hall–Kier alpha value is -3.63. The Morgan fingerprint density at radius 1 is 1.31 bits per heavy atom. The van der Waals surface area contributed by atoms with Crippen molar-refractivity contribution in [2.45, 2.75) is 64.8 Å². The van der Waals surface area contributed by atoms with Crippen LogP contribution < -0.4 is 16.2 Å². The number of nitrogens with zero attached hydrogens (tertiary/aromatic N) is 3. The lowest BCUT2D eigenvalue weighted by atomic mass is 10.1. The van der Waals surface area contributed by atoms with Crippen LogP contribution in [-0.4, -0.2) is 51.3 Å². The highest BCUT2D eigenvalue weighted by atomic mass is 19.1. The number of anilines is 1. The molecule has 2 aromatic rings. The van der Waals surface area contributed by atoms with Crippen molar-refractivity contribution >= 4 is 17.7 Å². The minimum atomic E-state index is -0.766. The van der Waals surface area contributed by atoms with E-state index in [0.717, 1.165) is 0 Å². The van der Waals surface area contributed by atoms with Gasteiger partial charge in [-0.05, 0) is 57.7 Å². The van der Waals surface area contributed by atoms with Crippen LogP contribution in [0.1, 0.15) is 68.0 Å². The van der Waals surface area contributed by atoms with Crippen LogP contribution in [0.15, 0.2) is 23.0 Å². The summed E-state index contributed by atoms with van der Waals surface area (Å²) in [5, 5.41) is 16.0. The summed E-state index contributed by atoms with van der Waals surface area (Å²) >= 11 is 0. The molecule has 1 aromatic heterocycles. The monoisotopic (exact) mass is 489 g/mol. The first-order chi connectivity index (χ1) is 16.4. The quantitative estimate of drug-likeness (QED) is 0.589. The molecular formula is C24H32FN5O5. The van der Waals surface area contributed by atoms with Crippen LogP contribution in [0.5, 0.6) is 5.75 Å². The van der Waals surface area contributed by atoms with Gasteiger partial charge in [0.05, 0.1) is 6.04 Å². The Labute approximate surface area is 203 Å². The van der Waals surface area contributed by atoms with Gasteiger partial charge in [0.15, 0.2) is 5.69 Å². The number of aromatic nitrogens is 2. The number of benzene rings is 1. The van der Waals surface area contributed by atoms with Crippen molar-refractivity contribution in [3.05, 3.63) is 51.5 Å². The van der Waals surface area contributed by atoms with Crippen molar-refractivity contribution in [3.63, 3.8) is 0 Å². The number of hydrogen-bond acceptors (Lipinski definition) is 7. The maximum atomic E-state index is 13.5. The number of halogens is 1. The molecule has 0 aliphatic carbocycles. The predicted molar refractivity (Wildman–Crippen MR) is 128 cm³/mol. The molecule has 190 valence electrons. The zero-order valence-electron chi connectivity index (χ0n) is 20.6. The summed E-state index contributed by atoms with van der Waals surface area (Å²) in [6, 6.07) is 3.46. The van der Waals surface area contributed by atoms with Gasteiger partial charge in [0.25, 0.3) is 11.5 Å². The van der Waals surface area contributed by atoms with Gasteiger partial charge in [0, 0.05) is 32.9 Å². The Morgan fingerprint density at radius 2 is 2.03 bits per heavy atom. The molecule has 0 fully saturated rings. The fourth-order valence-electron chi connectivity index (χ4n) is 3.95. The zero-order valence-corrected chi connectivity index (χ0v) is 20.6.